The summed E-state index contributed by atoms with van der Waals surface area (Å²) in [5, 5.41) is 13.1. The van der Waals surface area contributed by atoms with Crippen LogP contribution in [0.2, 0.25) is 0 Å². The highest BCUT2D eigenvalue weighted by atomic mass is 16.2. The largest absolute Gasteiger partial charge is 0.272 e. The average molecular weight is 239 g/mol. The lowest BCUT2D eigenvalue weighted by molar-refractivity contribution is -0.116. The first-order chi connectivity index (χ1) is 8.84. The Bertz CT molecular complexity index is 596. The molecule has 0 saturated heterocycles. The molecule has 0 fully saturated rings. The maximum absolute atomic E-state index is 11.9. The second-order valence-corrected chi connectivity index (χ2v) is 3.75. The Morgan fingerprint density at radius 1 is 1.17 bits per heavy atom. The summed E-state index contributed by atoms with van der Waals surface area (Å²) in [5.41, 5.74) is 1.54. The van der Waals surface area contributed by atoms with Gasteiger partial charge in [0.05, 0.1) is 12.1 Å². The highest BCUT2D eigenvalue weighted by Gasteiger charge is 2.27. The summed E-state index contributed by atoms with van der Waals surface area (Å²) in [7, 11) is 0. The standard InChI is InChI=1S/C12H9N5O/c18-12-7-10(9-3-1-5-13-8-9)16-17(12)11-4-2-6-14-15-11/h1-6,8H,7H2. The van der Waals surface area contributed by atoms with Crippen molar-refractivity contribution in [2.75, 3.05) is 5.01 Å². The van der Waals surface area contributed by atoms with Gasteiger partial charge in [-0.1, -0.05) is 0 Å². The predicted molar refractivity (Wildman–Crippen MR) is 64.9 cm³/mol. The molecule has 0 atom stereocenters. The molecule has 1 aliphatic rings. The number of hydrazone groups is 1. The summed E-state index contributed by atoms with van der Waals surface area (Å²) in [6.45, 7) is 0. The Morgan fingerprint density at radius 3 is 2.78 bits per heavy atom. The van der Waals surface area contributed by atoms with Crippen molar-refractivity contribution in [3.8, 4) is 0 Å². The molecule has 6 nitrogen and oxygen atoms in total. The predicted octanol–water partition coefficient (Wildman–Crippen LogP) is 1.01. The van der Waals surface area contributed by atoms with Crippen LogP contribution in [-0.2, 0) is 4.79 Å². The molecule has 88 valence electrons. The number of hydrogen-bond donors (Lipinski definition) is 0. The van der Waals surface area contributed by atoms with E-state index in [1.165, 1.54) is 5.01 Å². The van der Waals surface area contributed by atoms with Crippen LogP contribution in [-0.4, -0.2) is 26.8 Å². The lowest BCUT2D eigenvalue weighted by Gasteiger charge is -2.07. The summed E-state index contributed by atoms with van der Waals surface area (Å²) in [6, 6.07) is 7.10. The number of hydrogen-bond acceptors (Lipinski definition) is 5. The lowest BCUT2D eigenvalue weighted by atomic mass is 10.1. The Hall–Kier alpha value is -2.63. The number of nitrogens with zero attached hydrogens (tertiary/aromatic N) is 5. The second kappa shape index (κ2) is 4.33. The first-order valence-corrected chi connectivity index (χ1v) is 5.43. The van der Waals surface area contributed by atoms with Gasteiger partial charge in [-0.3, -0.25) is 9.78 Å². The van der Waals surface area contributed by atoms with E-state index in [0.717, 1.165) is 5.56 Å². The number of carbonyl (C=O) groups is 1. The van der Waals surface area contributed by atoms with Gasteiger partial charge in [-0.25, -0.2) is 0 Å². The highest BCUT2D eigenvalue weighted by molar-refractivity contribution is 6.18. The number of aromatic nitrogens is 3. The molecule has 3 rings (SSSR count). The van der Waals surface area contributed by atoms with E-state index in [1.54, 1.807) is 30.7 Å². The molecule has 0 radical (unpaired) electrons. The number of pyridine rings is 1. The molecule has 2 aromatic heterocycles. The van der Waals surface area contributed by atoms with Crippen molar-refractivity contribution in [3.63, 3.8) is 0 Å². The van der Waals surface area contributed by atoms with Gasteiger partial charge in [0.15, 0.2) is 5.82 Å². The van der Waals surface area contributed by atoms with Crippen LogP contribution in [0.15, 0.2) is 48.0 Å². The van der Waals surface area contributed by atoms with Gasteiger partial charge < -0.3 is 0 Å². The summed E-state index contributed by atoms with van der Waals surface area (Å²) in [5.74, 6) is 0.316. The molecule has 0 saturated carbocycles. The zero-order valence-electron chi connectivity index (χ0n) is 9.39. The molecule has 0 aliphatic carbocycles. The Balaban J connectivity index is 1.95. The fourth-order valence-corrected chi connectivity index (χ4v) is 1.71. The SMILES string of the molecule is O=C1CC(c2cccnc2)=NN1c1cccnn1. The molecule has 0 unspecified atom stereocenters. The molecule has 3 heterocycles. The third-order valence-corrected chi connectivity index (χ3v) is 2.55. The van der Waals surface area contributed by atoms with E-state index in [4.69, 9.17) is 0 Å². The van der Waals surface area contributed by atoms with E-state index in [0.29, 0.717) is 11.5 Å². The van der Waals surface area contributed by atoms with Crippen LogP contribution in [0.5, 0.6) is 0 Å². The molecule has 1 amide bonds. The van der Waals surface area contributed by atoms with Gasteiger partial charge in [-0.2, -0.15) is 15.2 Å². The summed E-state index contributed by atoms with van der Waals surface area (Å²) < 4.78 is 0. The molecular weight excluding hydrogens is 230 g/mol. The van der Waals surface area contributed by atoms with Gasteiger partial charge in [-0.05, 0) is 24.3 Å². The normalized spacial score (nSPS) is 14.8. The zero-order chi connectivity index (χ0) is 12.4. The van der Waals surface area contributed by atoms with E-state index < -0.39 is 0 Å². The van der Waals surface area contributed by atoms with Crippen LogP contribution in [0.4, 0.5) is 5.82 Å². The van der Waals surface area contributed by atoms with Gasteiger partial charge in [-0.15, -0.1) is 5.10 Å². The van der Waals surface area contributed by atoms with Gasteiger partial charge in [0.25, 0.3) is 5.91 Å². The molecule has 0 spiro atoms. The minimum absolute atomic E-state index is 0.116. The third kappa shape index (κ3) is 1.84. The van der Waals surface area contributed by atoms with Gasteiger partial charge in [0, 0.05) is 24.2 Å². The molecule has 0 bridgehead atoms. The first-order valence-electron chi connectivity index (χ1n) is 5.43. The summed E-state index contributed by atoms with van der Waals surface area (Å²) in [4.78, 5) is 15.9. The van der Waals surface area contributed by atoms with Crippen molar-refractivity contribution >= 4 is 17.4 Å². The quantitative estimate of drug-likeness (QED) is 0.784. The maximum atomic E-state index is 11.9. The Kier molecular flexibility index (Phi) is 2.53. The van der Waals surface area contributed by atoms with Crippen LogP contribution in [0.25, 0.3) is 0 Å². The monoisotopic (exact) mass is 239 g/mol. The van der Waals surface area contributed by atoms with Gasteiger partial charge in [0.2, 0.25) is 0 Å². The van der Waals surface area contributed by atoms with Crippen molar-refractivity contribution in [1.29, 1.82) is 0 Å². The van der Waals surface area contributed by atoms with Crippen LogP contribution in [0.1, 0.15) is 12.0 Å². The van der Waals surface area contributed by atoms with Crippen LogP contribution in [0, 0.1) is 0 Å². The molecule has 1 aliphatic heterocycles. The Labute approximate surface area is 103 Å². The molecule has 0 N–H and O–H groups in total. The van der Waals surface area contributed by atoms with Crippen molar-refractivity contribution in [2.24, 2.45) is 5.10 Å². The smallest absolute Gasteiger partial charge is 0.255 e. The molecule has 2 aromatic rings. The number of anilines is 1. The maximum Gasteiger partial charge on any atom is 0.255 e. The minimum atomic E-state index is -0.116. The van der Waals surface area contributed by atoms with Crippen molar-refractivity contribution in [1.82, 2.24) is 15.2 Å². The Morgan fingerprint density at radius 2 is 2.06 bits per heavy atom. The molecule has 18 heavy (non-hydrogen) atoms. The van der Waals surface area contributed by atoms with Gasteiger partial charge >= 0.3 is 0 Å². The fourth-order valence-electron chi connectivity index (χ4n) is 1.71. The lowest BCUT2D eigenvalue weighted by Crippen LogP contribution is -2.20. The minimum Gasteiger partial charge on any atom is -0.272 e. The first kappa shape index (κ1) is 10.5. The van der Waals surface area contributed by atoms with Crippen molar-refractivity contribution < 1.29 is 4.79 Å². The topological polar surface area (TPSA) is 71.3 Å². The molecule has 0 aromatic carbocycles. The number of amides is 1. The van der Waals surface area contributed by atoms with E-state index in [1.807, 2.05) is 12.1 Å². The van der Waals surface area contributed by atoms with Crippen LogP contribution in [0.3, 0.4) is 0 Å². The molecule has 6 heteroatoms. The van der Waals surface area contributed by atoms with E-state index in [-0.39, 0.29) is 12.3 Å². The number of rotatable bonds is 2. The average Bonchev–Trinajstić information content (AvgIpc) is 2.83. The van der Waals surface area contributed by atoms with Crippen LogP contribution < -0.4 is 5.01 Å². The highest BCUT2D eigenvalue weighted by Crippen LogP contribution is 2.19. The second-order valence-electron chi connectivity index (χ2n) is 3.75. The van der Waals surface area contributed by atoms with Crippen LogP contribution >= 0.6 is 0 Å². The van der Waals surface area contributed by atoms with Crippen molar-refractivity contribution in [3.05, 3.63) is 48.4 Å². The fraction of sp³-hybridized carbons (Fsp3) is 0.0833. The van der Waals surface area contributed by atoms with E-state index in [9.17, 15) is 4.79 Å². The van der Waals surface area contributed by atoms with E-state index >= 15 is 0 Å². The third-order valence-electron chi connectivity index (χ3n) is 2.55. The summed E-state index contributed by atoms with van der Waals surface area (Å²) in [6.07, 6.45) is 5.17. The van der Waals surface area contributed by atoms with E-state index in [2.05, 4.69) is 20.3 Å². The molecular formula is C12H9N5O. The zero-order valence-corrected chi connectivity index (χ0v) is 9.39. The van der Waals surface area contributed by atoms with Crippen molar-refractivity contribution in [2.45, 2.75) is 6.42 Å². The number of carbonyl (C=O) groups excluding carboxylic acids is 1. The summed E-state index contributed by atoms with van der Waals surface area (Å²) >= 11 is 0. The van der Waals surface area contributed by atoms with Gasteiger partial charge in [0.1, 0.15) is 0 Å².